The van der Waals surface area contributed by atoms with E-state index in [0.29, 0.717) is 19.4 Å². The lowest BCUT2D eigenvalue weighted by molar-refractivity contribution is 0.269. The highest BCUT2D eigenvalue weighted by Gasteiger charge is 2.34. The second-order valence-electron chi connectivity index (χ2n) is 8.10. The summed E-state index contributed by atoms with van der Waals surface area (Å²) in [4.78, 5) is 11.5. The lowest BCUT2D eigenvalue weighted by Crippen LogP contribution is -2.49. The van der Waals surface area contributed by atoms with Gasteiger partial charge < -0.3 is 15.4 Å². The largest absolute Gasteiger partial charge is 0.394 e. The van der Waals surface area contributed by atoms with Crippen molar-refractivity contribution in [3.63, 3.8) is 0 Å². The van der Waals surface area contributed by atoms with Crippen molar-refractivity contribution in [1.82, 2.24) is 29.5 Å². The van der Waals surface area contributed by atoms with E-state index in [1.807, 2.05) is 24.4 Å². The molecule has 12 heteroatoms. The van der Waals surface area contributed by atoms with Gasteiger partial charge in [-0.1, -0.05) is 0 Å². The average molecular weight is 479 g/mol. The zero-order chi connectivity index (χ0) is 23.7. The number of nitrogens with one attached hydrogen (secondary N) is 3. The number of aliphatic hydroxyl groups is 1. The molecule has 5 rings (SSSR count). The zero-order valence-electron chi connectivity index (χ0n) is 18.0. The number of fused-ring (bicyclic) bond motifs is 1. The van der Waals surface area contributed by atoms with Gasteiger partial charge in [0.1, 0.15) is 5.65 Å². The first-order valence-corrected chi connectivity index (χ1v) is 12.2. The van der Waals surface area contributed by atoms with Crippen molar-refractivity contribution in [2.45, 2.75) is 36.5 Å². The van der Waals surface area contributed by atoms with E-state index in [1.165, 1.54) is 18.3 Å². The van der Waals surface area contributed by atoms with Crippen molar-refractivity contribution < 1.29 is 13.5 Å². The predicted molar refractivity (Wildman–Crippen MR) is 124 cm³/mol. The number of nitriles is 1. The molecule has 1 aliphatic rings. The van der Waals surface area contributed by atoms with E-state index in [1.54, 1.807) is 17.1 Å². The van der Waals surface area contributed by atoms with Crippen LogP contribution >= 0.6 is 0 Å². The number of sulfonamides is 1. The average Bonchev–Trinajstić information content (AvgIpc) is 3.47. The van der Waals surface area contributed by atoms with Crippen LogP contribution in [0.3, 0.4) is 0 Å². The molecule has 4 N–H and O–H groups in total. The van der Waals surface area contributed by atoms with Crippen molar-refractivity contribution in [2.75, 3.05) is 11.9 Å². The standard InChI is InChI=1S/C22H22N8O3S/c23-12-14-1-4-24-20(9-14)34(32,33)29-16-10-15(11-16)27-21-17-2-5-25-22(17)26-13-18(21)19-3-6-30(28-19)7-8-31/h1-6,9,13,15-16,29,31H,7-8,10-11H2,(H2,25,26,27). The number of hydrogen-bond donors (Lipinski definition) is 4. The summed E-state index contributed by atoms with van der Waals surface area (Å²) in [7, 11) is -3.82. The van der Waals surface area contributed by atoms with Crippen molar-refractivity contribution in [3.8, 4) is 17.3 Å². The number of pyridine rings is 2. The fourth-order valence-corrected chi connectivity index (χ4v) is 5.27. The van der Waals surface area contributed by atoms with E-state index in [9.17, 15) is 13.5 Å². The molecule has 4 heterocycles. The van der Waals surface area contributed by atoms with Crippen molar-refractivity contribution in [2.24, 2.45) is 0 Å². The fourth-order valence-electron chi connectivity index (χ4n) is 4.03. The number of aromatic nitrogens is 5. The Balaban J connectivity index is 1.32. The Bertz CT molecular complexity index is 1480. The molecule has 0 bridgehead atoms. The van der Waals surface area contributed by atoms with E-state index in [4.69, 9.17) is 5.26 Å². The zero-order valence-corrected chi connectivity index (χ0v) is 18.8. The molecular formula is C22H22N8O3S. The van der Waals surface area contributed by atoms with E-state index in [-0.39, 0.29) is 29.3 Å². The predicted octanol–water partition coefficient (Wildman–Crippen LogP) is 1.61. The second-order valence-corrected chi connectivity index (χ2v) is 9.76. The highest BCUT2D eigenvalue weighted by Crippen LogP contribution is 2.36. The fraction of sp³-hybridized carbons (Fsp3) is 0.273. The van der Waals surface area contributed by atoms with Crippen LogP contribution < -0.4 is 10.0 Å². The van der Waals surface area contributed by atoms with Crippen molar-refractivity contribution in [3.05, 3.63) is 54.6 Å². The molecule has 0 aliphatic heterocycles. The van der Waals surface area contributed by atoms with Gasteiger partial charge in [0.25, 0.3) is 10.0 Å². The van der Waals surface area contributed by atoms with Crippen LogP contribution in [-0.4, -0.2) is 56.9 Å². The lowest BCUT2D eigenvalue weighted by atomic mass is 9.87. The SMILES string of the molecule is N#Cc1ccnc(S(=O)(=O)NC2CC(Nc3c(-c4ccn(CCO)n4)cnc4[nH]ccc34)C2)c1. The highest BCUT2D eigenvalue weighted by molar-refractivity contribution is 7.89. The van der Waals surface area contributed by atoms with Crippen LogP contribution in [0.1, 0.15) is 18.4 Å². The summed E-state index contributed by atoms with van der Waals surface area (Å²) in [6.07, 6.45) is 7.86. The summed E-state index contributed by atoms with van der Waals surface area (Å²) in [5.41, 5.74) is 3.40. The number of hydrogen-bond acceptors (Lipinski definition) is 8. The third kappa shape index (κ3) is 4.24. The molecule has 174 valence electrons. The summed E-state index contributed by atoms with van der Waals surface area (Å²) < 4.78 is 29.7. The Kier molecular flexibility index (Phi) is 5.74. The van der Waals surface area contributed by atoms with Crippen LogP contribution in [0.5, 0.6) is 0 Å². The minimum Gasteiger partial charge on any atom is -0.394 e. The maximum atomic E-state index is 12.7. The molecule has 4 aromatic rings. The first-order chi connectivity index (χ1) is 16.5. The number of aromatic amines is 1. The van der Waals surface area contributed by atoms with Crippen LogP contribution in [0.2, 0.25) is 0 Å². The van der Waals surface area contributed by atoms with Crippen molar-refractivity contribution >= 4 is 26.7 Å². The third-order valence-electron chi connectivity index (χ3n) is 5.78. The van der Waals surface area contributed by atoms with E-state index >= 15 is 0 Å². The molecule has 0 aromatic carbocycles. The van der Waals surface area contributed by atoms with Gasteiger partial charge in [0.05, 0.1) is 36.2 Å². The molecular weight excluding hydrogens is 456 g/mol. The molecule has 0 radical (unpaired) electrons. The van der Waals surface area contributed by atoms with Crippen LogP contribution in [0.25, 0.3) is 22.3 Å². The molecule has 0 amide bonds. The normalized spacial score (nSPS) is 17.9. The van der Waals surface area contributed by atoms with Crippen LogP contribution in [0, 0.1) is 11.3 Å². The van der Waals surface area contributed by atoms with Gasteiger partial charge >= 0.3 is 0 Å². The van der Waals surface area contributed by atoms with E-state index in [0.717, 1.165) is 28.0 Å². The molecule has 34 heavy (non-hydrogen) atoms. The number of anilines is 1. The van der Waals surface area contributed by atoms with Gasteiger partial charge in [0, 0.05) is 47.8 Å². The molecule has 0 saturated heterocycles. The molecule has 11 nitrogen and oxygen atoms in total. The summed E-state index contributed by atoms with van der Waals surface area (Å²) in [5.74, 6) is 0. The minimum atomic E-state index is -3.82. The van der Waals surface area contributed by atoms with Gasteiger partial charge in [-0.05, 0) is 37.1 Å². The second kappa shape index (κ2) is 8.86. The first-order valence-electron chi connectivity index (χ1n) is 10.7. The topological polar surface area (TPSA) is 162 Å². The third-order valence-corrected chi connectivity index (χ3v) is 7.20. The number of rotatable bonds is 8. The molecule has 0 atom stereocenters. The van der Waals surface area contributed by atoms with Crippen LogP contribution in [-0.2, 0) is 16.6 Å². The van der Waals surface area contributed by atoms with E-state index in [2.05, 4.69) is 30.1 Å². The van der Waals surface area contributed by atoms with Gasteiger partial charge in [-0.2, -0.15) is 10.4 Å². The Morgan fingerprint density at radius 2 is 2.09 bits per heavy atom. The maximum absolute atomic E-state index is 12.7. The van der Waals surface area contributed by atoms with Gasteiger partial charge in [-0.15, -0.1) is 0 Å². The molecule has 1 aliphatic carbocycles. The highest BCUT2D eigenvalue weighted by atomic mass is 32.2. The lowest BCUT2D eigenvalue weighted by Gasteiger charge is -2.37. The van der Waals surface area contributed by atoms with Gasteiger partial charge in [-0.3, -0.25) is 4.68 Å². The Labute approximate surface area is 195 Å². The van der Waals surface area contributed by atoms with Crippen LogP contribution in [0.4, 0.5) is 5.69 Å². The summed E-state index contributed by atoms with van der Waals surface area (Å²) >= 11 is 0. The van der Waals surface area contributed by atoms with E-state index < -0.39 is 10.0 Å². The first kappa shape index (κ1) is 22.0. The maximum Gasteiger partial charge on any atom is 0.258 e. The Hall–Kier alpha value is -3.79. The smallest absolute Gasteiger partial charge is 0.258 e. The quantitative estimate of drug-likeness (QED) is 0.297. The van der Waals surface area contributed by atoms with Crippen molar-refractivity contribution in [1.29, 1.82) is 5.26 Å². The monoisotopic (exact) mass is 478 g/mol. The molecule has 1 saturated carbocycles. The van der Waals surface area contributed by atoms with Crippen LogP contribution in [0.15, 0.2) is 54.1 Å². The Morgan fingerprint density at radius 3 is 2.88 bits per heavy atom. The number of H-pyrrole nitrogens is 1. The molecule has 4 aromatic heterocycles. The molecule has 0 spiro atoms. The van der Waals surface area contributed by atoms with Gasteiger partial charge in [0.2, 0.25) is 0 Å². The summed E-state index contributed by atoms with van der Waals surface area (Å²) in [6.45, 7) is 0.399. The summed E-state index contributed by atoms with van der Waals surface area (Å²) in [6, 6.07) is 8.26. The van der Waals surface area contributed by atoms with Gasteiger partial charge in [0.15, 0.2) is 5.03 Å². The molecule has 0 unspecified atom stereocenters. The molecule has 1 fully saturated rings. The number of nitrogens with zero attached hydrogens (tertiary/aromatic N) is 5. The van der Waals surface area contributed by atoms with Gasteiger partial charge in [-0.25, -0.2) is 23.1 Å². The Morgan fingerprint density at radius 1 is 1.24 bits per heavy atom. The minimum absolute atomic E-state index is 0.00296. The summed E-state index contributed by atoms with van der Waals surface area (Å²) in [5, 5.41) is 27.0. The number of aliphatic hydroxyl groups excluding tert-OH is 1.